The lowest BCUT2D eigenvalue weighted by molar-refractivity contribution is -0.123. The molecule has 0 fully saturated rings. The third kappa shape index (κ3) is 5.30. The Morgan fingerprint density at radius 2 is 1.92 bits per heavy atom. The average Bonchev–Trinajstić information content (AvgIpc) is 3.09. The molecule has 0 radical (unpaired) electrons. The summed E-state index contributed by atoms with van der Waals surface area (Å²) in [5.41, 5.74) is 1.06. The Bertz CT molecular complexity index is 842. The van der Waals surface area contributed by atoms with Gasteiger partial charge in [-0.2, -0.15) is 4.31 Å². The summed E-state index contributed by atoms with van der Waals surface area (Å²) in [6.45, 7) is 6.62. The van der Waals surface area contributed by atoms with Crippen molar-refractivity contribution < 1.29 is 17.9 Å². The van der Waals surface area contributed by atoms with Crippen LogP contribution in [-0.4, -0.2) is 38.3 Å². The van der Waals surface area contributed by atoms with Gasteiger partial charge in [-0.15, -0.1) is 11.3 Å². The molecule has 2 aromatic rings. The van der Waals surface area contributed by atoms with E-state index in [1.165, 1.54) is 15.6 Å². The maximum Gasteiger partial charge on any atom is 0.258 e. The van der Waals surface area contributed by atoms with Gasteiger partial charge in [0.2, 0.25) is 0 Å². The van der Waals surface area contributed by atoms with Gasteiger partial charge < -0.3 is 10.1 Å². The van der Waals surface area contributed by atoms with Crippen LogP contribution in [0.2, 0.25) is 0 Å². The molecule has 0 saturated carbocycles. The van der Waals surface area contributed by atoms with Gasteiger partial charge in [0.25, 0.3) is 15.9 Å². The topological polar surface area (TPSA) is 75.7 Å². The number of nitrogens with zero attached hydrogens (tertiary/aromatic N) is 1. The van der Waals surface area contributed by atoms with Crippen LogP contribution in [0.1, 0.15) is 24.3 Å². The van der Waals surface area contributed by atoms with Gasteiger partial charge in [0.15, 0.2) is 6.61 Å². The van der Waals surface area contributed by atoms with Crippen molar-refractivity contribution in [2.75, 3.05) is 19.7 Å². The largest absolute Gasteiger partial charge is 0.484 e. The van der Waals surface area contributed by atoms with Crippen LogP contribution in [0, 0.1) is 6.92 Å². The van der Waals surface area contributed by atoms with Gasteiger partial charge in [0.05, 0.1) is 6.54 Å². The SMILES string of the molecule is CCN(CC)S(=O)(=O)c1ccc(CNC(=O)COc2cccc(C)c2)s1. The normalized spacial score (nSPS) is 11.5. The number of hydrogen-bond acceptors (Lipinski definition) is 5. The first-order chi connectivity index (χ1) is 12.4. The van der Waals surface area contributed by atoms with E-state index < -0.39 is 10.0 Å². The number of hydrogen-bond donors (Lipinski definition) is 1. The van der Waals surface area contributed by atoms with Crippen molar-refractivity contribution in [3.8, 4) is 5.75 Å². The molecule has 1 aromatic heterocycles. The smallest absolute Gasteiger partial charge is 0.258 e. The zero-order chi connectivity index (χ0) is 19.2. The second-order valence-corrected chi connectivity index (χ2v) is 9.03. The van der Waals surface area contributed by atoms with Gasteiger partial charge in [-0.05, 0) is 36.8 Å². The van der Waals surface area contributed by atoms with E-state index in [0.717, 1.165) is 10.4 Å². The van der Waals surface area contributed by atoms with E-state index in [-0.39, 0.29) is 19.1 Å². The molecule has 1 aromatic carbocycles. The van der Waals surface area contributed by atoms with E-state index >= 15 is 0 Å². The van der Waals surface area contributed by atoms with E-state index in [4.69, 9.17) is 4.74 Å². The van der Waals surface area contributed by atoms with Crippen LogP contribution in [0.3, 0.4) is 0 Å². The molecule has 0 aliphatic rings. The number of nitrogens with one attached hydrogen (secondary N) is 1. The van der Waals surface area contributed by atoms with E-state index in [2.05, 4.69) is 5.32 Å². The van der Waals surface area contributed by atoms with Crippen LogP contribution >= 0.6 is 11.3 Å². The number of thiophene rings is 1. The van der Waals surface area contributed by atoms with E-state index in [0.29, 0.717) is 23.0 Å². The highest BCUT2D eigenvalue weighted by Gasteiger charge is 2.23. The number of benzene rings is 1. The molecule has 26 heavy (non-hydrogen) atoms. The Labute approximate surface area is 158 Å². The van der Waals surface area contributed by atoms with Gasteiger partial charge in [-0.25, -0.2) is 8.42 Å². The Balaban J connectivity index is 1.88. The molecule has 142 valence electrons. The summed E-state index contributed by atoms with van der Waals surface area (Å²) in [5.74, 6) is 0.386. The molecule has 0 aliphatic heterocycles. The molecule has 0 atom stereocenters. The minimum atomic E-state index is -3.45. The molecule has 0 spiro atoms. The van der Waals surface area contributed by atoms with Crippen molar-refractivity contribution in [2.24, 2.45) is 0 Å². The number of aryl methyl sites for hydroxylation is 1. The minimum Gasteiger partial charge on any atom is -0.484 e. The molecule has 1 N–H and O–H groups in total. The summed E-state index contributed by atoms with van der Waals surface area (Å²) >= 11 is 1.17. The highest BCUT2D eigenvalue weighted by molar-refractivity contribution is 7.91. The number of carbonyl (C=O) groups excluding carboxylic acids is 1. The van der Waals surface area contributed by atoms with Crippen molar-refractivity contribution in [1.29, 1.82) is 0 Å². The second kappa shape index (κ2) is 9.16. The molecule has 0 bridgehead atoms. The molecule has 2 rings (SSSR count). The molecule has 8 heteroatoms. The molecule has 6 nitrogen and oxygen atoms in total. The van der Waals surface area contributed by atoms with Gasteiger partial charge in [0.1, 0.15) is 9.96 Å². The zero-order valence-electron chi connectivity index (χ0n) is 15.2. The van der Waals surface area contributed by atoms with Crippen molar-refractivity contribution in [2.45, 2.75) is 31.5 Å². The van der Waals surface area contributed by atoms with Crippen LogP contribution in [0.25, 0.3) is 0 Å². The second-order valence-electron chi connectivity index (χ2n) is 5.69. The summed E-state index contributed by atoms with van der Waals surface area (Å²) in [6, 6.07) is 10.8. The standard InChI is InChI=1S/C18H24N2O4S2/c1-4-20(5-2)26(22,23)18-10-9-16(25-18)12-19-17(21)13-24-15-8-6-7-14(3)11-15/h6-11H,4-5,12-13H2,1-3H3,(H,19,21). The number of sulfonamides is 1. The lowest BCUT2D eigenvalue weighted by atomic mass is 10.2. The van der Waals surface area contributed by atoms with Gasteiger partial charge in [-0.3, -0.25) is 4.79 Å². The molecule has 0 aliphatic carbocycles. The van der Waals surface area contributed by atoms with E-state index in [1.807, 2.05) is 39.0 Å². The Kier molecular flexibility index (Phi) is 7.19. The first kappa shape index (κ1) is 20.4. The third-order valence-corrected chi connectivity index (χ3v) is 7.36. The van der Waals surface area contributed by atoms with Crippen molar-refractivity contribution in [1.82, 2.24) is 9.62 Å². The fraction of sp³-hybridized carbons (Fsp3) is 0.389. The molecule has 0 saturated heterocycles. The summed E-state index contributed by atoms with van der Waals surface area (Å²) < 4.78 is 32.1. The summed E-state index contributed by atoms with van der Waals surface area (Å²) in [5, 5.41) is 2.74. The molecule has 1 amide bonds. The maximum absolute atomic E-state index is 12.5. The van der Waals surface area contributed by atoms with Gasteiger partial charge in [-0.1, -0.05) is 26.0 Å². The summed E-state index contributed by atoms with van der Waals surface area (Å²) in [6.07, 6.45) is 0. The zero-order valence-corrected chi connectivity index (χ0v) is 16.8. The predicted octanol–water partition coefficient (Wildman–Crippen LogP) is 2.78. The van der Waals surface area contributed by atoms with Crippen molar-refractivity contribution >= 4 is 27.3 Å². The van der Waals surface area contributed by atoms with E-state index in [9.17, 15) is 13.2 Å². The number of carbonyl (C=O) groups is 1. The van der Waals surface area contributed by atoms with Gasteiger partial charge in [0, 0.05) is 18.0 Å². The third-order valence-electron chi connectivity index (χ3n) is 3.76. The first-order valence-corrected chi connectivity index (χ1v) is 10.7. The minimum absolute atomic E-state index is 0.0839. The average molecular weight is 397 g/mol. The van der Waals surface area contributed by atoms with Crippen LogP contribution < -0.4 is 10.1 Å². The highest BCUT2D eigenvalue weighted by atomic mass is 32.2. The molecular weight excluding hydrogens is 372 g/mol. The molecule has 1 heterocycles. The van der Waals surface area contributed by atoms with Crippen LogP contribution in [0.4, 0.5) is 0 Å². The lowest BCUT2D eigenvalue weighted by Gasteiger charge is -2.16. The van der Waals surface area contributed by atoms with Crippen LogP contribution in [-0.2, 0) is 21.4 Å². The molecule has 0 unspecified atom stereocenters. The summed E-state index contributed by atoms with van der Waals surface area (Å²) in [7, 11) is -3.45. The first-order valence-electron chi connectivity index (χ1n) is 8.41. The van der Waals surface area contributed by atoms with Gasteiger partial charge >= 0.3 is 0 Å². The number of ether oxygens (including phenoxy) is 1. The highest BCUT2D eigenvalue weighted by Crippen LogP contribution is 2.24. The van der Waals surface area contributed by atoms with Crippen LogP contribution in [0.15, 0.2) is 40.6 Å². The summed E-state index contributed by atoms with van der Waals surface area (Å²) in [4.78, 5) is 12.7. The maximum atomic E-state index is 12.5. The predicted molar refractivity (Wildman–Crippen MR) is 103 cm³/mol. The number of rotatable bonds is 9. The lowest BCUT2D eigenvalue weighted by Crippen LogP contribution is -2.30. The van der Waals surface area contributed by atoms with Crippen molar-refractivity contribution in [3.63, 3.8) is 0 Å². The number of amides is 1. The van der Waals surface area contributed by atoms with E-state index in [1.54, 1.807) is 18.2 Å². The fourth-order valence-electron chi connectivity index (χ4n) is 2.37. The molecular formula is C18H24N2O4S2. The quantitative estimate of drug-likeness (QED) is 0.707. The van der Waals surface area contributed by atoms with Crippen LogP contribution in [0.5, 0.6) is 5.75 Å². The monoisotopic (exact) mass is 396 g/mol. The fourth-order valence-corrected chi connectivity index (χ4v) is 5.28. The van der Waals surface area contributed by atoms with Crippen molar-refractivity contribution in [3.05, 3.63) is 46.8 Å². The Hall–Kier alpha value is -1.90. The Morgan fingerprint density at radius 1 is 1.19 bits per heavy atom. The Morgan fingerprint density at radius 3 is 2.58 bits per heavy atom.